The van der Waals surface area contributed by atoms with Crippen molar-refractivity contribution < 1.29 is 9.59 Å². The highest BCUT2D eigenvalue weighted by Gasteiger charge is 2.09. The van der Waals surface area contributed by atoms with E-state index >= 15 is 0 Å². The maximum Gasteiger partial charge on any atom is 0.251 e. The van der Waals surface area contributed by atoms with Crippen LogP contribution in [-0.4, -0.2) is 23.2 Å². The van der Waals surface area contributed by atoms with Gasteiger partial charge in [0.15, 0.2) is 5.78 Å². The van der Waals surface area contributed by atoms with Crippen molar-refractivity contribution in [2.75, 3.05) is 6.54 Å². The summed E-state index contributed by atoms with van der Waals surface area (Å²) in [4.78, 5) is 26.5. The van der Waals surface area contributed by atoms with Gasteiger partial charge in [-0.2, -0.15) is 0 Å². The van der Waals surface area contributed by atoms with Crippen LogP contribution in [0, 0.1) is 5.92 Å². The maximum absolute atomic E-state index is 11.5. The lowest BCUT2D eigenvalue weighted by atomic mass is 10.1. The highest BCUT2D eigenvalue weighted by atomic mass is 16.2. The van der Waals surface area contributed by atoms with E-state index < -0.39 is 0 Å². The van der Waals surface area contributed by atoms with E-state index in [2.05, 4.69) is 10.3 Å². The second-order valence-corrected chi connectivity index (χ2v) is 3.54. The van der Waals surface area contributed by atoms with Crippen LogP contribution in [0.25, 0.3) is 0 Å². The molecule has 1 N–H and O–H groups in total. The van der Waals surface area contributed by atoms with Gasteiger partial charge in [-0.25, -0.2) is 0 Å². The zero-order valence-electron chi connectivity index (χ0n) is 8.86. The molecule has 0 aromatic carbocycles. The van der Waals surface area contributed by atoms with E-state index in [4.69, 9.17) is 0 Å². The molecule has 1 amide bonds. The van der Waals surface area contributed by atoms with Crippen LogP contribution < -0.4 is 5.32 Å². The molecule has 4 nitrogen and oxygen atoms in total. The van der Waals surface area contributed by atoms with Crippen LogP contribution in [0.5, 0.6) is 0 Å². The lowest BCUT2D eigenvalue weighted by molar-refractivity contribution is -0.120. The Morgan fingerprint density at radius 3 is 2.47 bits per heavy atom. The van der Waals surface area contributed by atoms with Crippen molar-refractivity contribution in [3.05, 3.63) is 30.1 Å². The van der Waals surface area contributed by atoms with Crippen molar-refractivity contribution >= 4 is 11.7 Å². The molecule has 0 saturated carbocycles. The third-order valence-electron chi connectivity index (χ3n) is 2.01. The number of ketones is 1. The summed E-state index contributed by atoms with van der Waals surface area (Å²) in [5.41, 5.74) is 0.515. The number of amides is 1. The van der Waals surface area contributed by atoms with Gasteiger partial charge in [0.2, 0.25) is 0 Å². The second-order valence-electron chi connectivity index (χ2n) is 3.54. The lowest BCUT2D eigenvalue weighted by Gasteiger charge is -2.06. The highest BCUT2D eigenvalue weighted by Crippen LogP contribution is 1.96. The third kappa shape index (κ3) is 3.50. The fourth-order valence-electron chi connectivity index (χ4n) is 0.977. The quantitative estimate of drug-likeness (QED) is 0.800. The first kappa shape index (κ1) is 11.4. The summed E-state index contributed by atoms with van der Waals surface area (Å²) in [6.45, 7) is 3.70. The summed E-state index contributed by atoms with van der Waals surface area (Å²) in [5.74, 6) is -0.272. The standard InChI is InChI=1S/C11H14N2O2/c1-8(2)10(14)7-13-11(15)9-3-5-12-6-4-9/h3-6,8H,7H2,1-2H3,(H,13,15). The summed E-state index contributed by atoms with van der Waals surface area (Å²) < 4.78 is 0. The summed E-state index contributed by atoms with van der Waals surface area (Å²) in [6.07, 6.45) is 3.08. The molecule has 80 valence electrons. The zero-order valence-corrected chi connectivity index (χ0v) is 8.86. The highest BCUT2D eigenvalue weighted by molar-refractivity contribution is 5.96. The van der Waals surface area contributed by atoms with Crippen molar-refractivity contribution in [3.63, 3.8) is 0 Å². The minimum atomic E-state index is -0.244. The number of Topliss-reactive ketones (excluding diaryl/α,β-unsaturated/α-hetero) is 1. The molecule has 4 heteroatoms. The van der Waals surface area contributed by atoms with Gasteiger partial charge < -0.3 is 5.32 Å². The van der Waals surface area contributed by atoms with Crippen molar-refractivity contribution in [3.8, 4) is 0 Å². The minimum Gasteiger partial charge on any atom is -0.345 e. The molecule has 0 unspecified atom stereocenters. The number of carbonyl (C=O) groups excluding carboxylic acids is 2. The summed E-state index contributed by atoms with van der Waals surface area (Å²) in [7, 11) is 0. The number of pyridine rings is 1. The smallest absolute Gasteiger partial charge is 0.251 e. The van der Waals surface area contributed by atoms with Gasteiger partial charge in [-0.05, 0) is 12.1 Å². The fourth-order valence-corrected chi connectivity index (χ4v) is 0.977. The molecule has 0 radical (unpaired) electrons. The Hall–Kier alpha value is -1.71. The maximum atomic E-state index is 11.5. The molecule has 0 atom stereocenters. The van der Waals surface area contributed by atoms with Gasteiger partial charge in [0.1, 0.15) is 0 Å². The molecule has 0 saturated heterocycles. The average molecular weight is 206 g/mol. The SMILES string of the molecule is CC(C)C(=O)CNC(=O)c1ccncc1. The number of hydrogen-bond acceptors (Lipinski definition) is 3. The van der Waals surface area contributed by atoms with Gasteiger partial charge >= 0.3 is 0 Å². The Morgan fingerprint density at radius 2 is 1.93 bits per heavy atom. The first-order valence-electron chi connectivity index (χ1n) is 4.82. The molecule has 0 bridgehead atoms. The van der Waals surface area contributed by atoms with Gasteiger partial charge in [-0.1, -0.05) is 13.8 Å². The Balaban J connectivity index is 2.48. The van der Waals surface area contributed by atoms with Gasteiger partial charge in [0, 0.05) is 23.9 Å². The van der Waals surface area contributed by atoms with E-state index in [1.807, 2.05) is 0 Å². The first-order chi connectivity index (χ1) is 7.11. The van der Waals surface area contributed by atoms with Gasteiger partial charge in [-0.3, -0.25) is 14.6 Å². The molecule has 1 aromatic rings. The molecule has 0 spiro atoms. The van der Waals surface area contributed by atoms with E-state index in [0.717, 1.165) is 0 Å². The molecule has 1 rings (SSSR count). The molecule has 0 fully saturated rings. The predicted octanol–water partition coefficient (Wildman–Crippen LogP) is 1.04. The number of hydrogen-bond donors (Lipinski definition) is 1. The molecule has 0 aliphatic heterocycles. The Kier molecular flexibility index (Phi) is 3.97. The first-order valence-corrected chi connectivity index (χ1v) is 4.82. The van der Waals surface area contributed by atoms with Crippen LogP contribution >= 0.6 is 0 Å². The average Bonchev–Trinajstić information content (AvgIpc) is 2.26. The number of aromatic nitrogens is 1. The normalized spacial score (nSPS) is 10.1. The van der Waals surface area contributed by atoms with Gasteiger partial charge in [-0.15, -0.1) is 0 Å². The Morgan fingerprint density at radius 1 is 1.33 bits per heavy atom. The molecule has 15 heavy (non-hydrogen) atoms. The number of rotatable bonds is 4. The van der Waals surface area contributed by atoms with E-state index in [-0.39, 0.29) is 24.2 Å². The largest absolute Gasteiger partial charge is 0.345 e. The van der Waals surface area contributed by atoms with Crippen LogP contribution in [0.1, 0.15) is 24.2 Å². The van der Waals surface area contributed by atoms with Gasteiger partial charge in [0.25, 0.3) is 5.91 Å². The molecular formula is C11H14N2O2. The summed E-state index contributed by atoms with van der Waals surface area (Å²) in [6, 6.07) is 3.21. The molecule has 1 heterocycles. The minimum absolute atomic E-state index is 0.0254. The fraction of sp³-hybridized carbons (Fsp3) is 0.364. The van der Waals surface area contributed by atoms with Crippen LogP contribution in [-0.2, 0) is 4.79 Å². The van der Waals surface area contributed by atoms with Crippen molar-refractivity contribution in [2.45, 2.75) is 13.8 Å². The third-order valence-corrected chi connectivity index (χ3v) is 2.01. The number of nitrogens with one attached hydrogen (secondary N) is 1. The monoisotopic (exact) mass is 206 g/mol. The molecular weight excluding hydrogens is 192 g/mol. The molecule has 0 aliphatic rings. The summed E-state index contributed by atoms with van der Waals surface area (Å²) >= 11 is 0. The topological polar surface area (TPSA) is 59.1 Å². The zero-order chi connectivity index (χ0) is 11.3. The lowest BCUT2D eigenvalue weighted by Crippen LogP contribution is -2.31. The van der Waals surface area contributed by atoms with Crippen molar-refractivity contribution in [2.24, 2.45) is 5.92 Å². The Labute approximate surface area is 88.7 Å². The summed E-state index contributed by atoms with van der Waals surface area (Å²) in [5, 5.41) is 2.56. The van der Waals surface area contributed by atoms with E-state index in [1.165, 1.54) is 0 Å². The molecule has 0 aliphatic carbocycles. The van der Waals surface area contributed by atoms with Crippen LogP contribution in [0.15, 0.2) is 24.5 Å². The van der Waals surface area contributed by atoms with Crippen molar-refractivity contribution in [1.82, 2.24) is 10.3 Å². The van der Waals surface area contributed by atoms with Crippen molar-refractivity contribution in [1.29, 1.82) is 0 Å². The predicted molar refractivity (Wildman–Crippen MR) is 56.4 cm³/mol. The number of nitrogens with zero attached hydrogens (tertiary/aromatic N) is 1. The van der Waals surface area contributed by atoms with E-state index in [0.29, 0.717) is 5.56 Å². The van der Waals surface area contributed by atoms with E-state index in [9.17, 15) is 9.59 Å². The second kappa shape index (κ2) is 5.24. The van der Waals surface area contributed by atoms with Crippen LogP contribution in [0.2, 0.25) is 0 Å². The van der Waals surface area contributed by atoms with E-state index in [1.54, 1.807) is 38.4 Å². The molecule has 1 aromatic heterocycles. The number of carbonyl (C=O) groups is 2. The van der Waals surface area contributed by atoms with Crippen LogP contribution in [0.4, 0.5) is 0 Å². The van der Waals surface area contributed by atoms with Crippen LogP contribution in [0.3, 0.4) is 0 Å². The van der Waals surface area contributed by atoms with Gasteiger partial charge in [0.05, 0.1) is 6.54 Å². The Bertz CT molecular complexity index is 347.